The Balaban J connectivity index is 1.62. The minimum Gasteiger partial charge on any atom is -0.491 e. The van der Waals surface area contributed by atoms with Crippen molar-refractivity contribution in [2.24, 2.45) is 0 Å². The number of nitrogens with one attached hydrogen (secondary N) is 2. The summed E-state index contributed by atoms with van der Waals surface area (Å²) < 4.78 is 5.67. The van der Waals surface area contributed by atoms with Crippen LogP contribution in [0.3, 0.4) is 0 Å². The lowest BCUT2D eigenvalue weighted by Gasteiger charge is -2.37. The number of benzene rings is 2. The lowest BCUT2D eigenvalue weighted by Crippen LogP contribution is -2.55. The Morgan fingerprint density at radius 3 is 2.64 bits per heavy atom. The first kappa shape index (κ1) is 15.7. The van der Waals surface area contributed by atoms with Crippen molar-refractivity contribution in [3.05, 3.63) is 65.7 Å². The molecule has 2 heterocycles. The van der Waals surface area contributed by atoms with Crippen LogP contribution in [0.15, 0.2) is 54.6 Å². The summed E-state index contributed by atoms with van der Waals surface area (Å²) in [7, 11) is 0. The van der Waals surface area contributed by atoms with Crippen molar-refractivity contribution < 1.29 is 14.3 Å². The number of para-hydroxylation sites is 1. The van der Waals surface area contributed by atoms with E-state index >= 15 is 0 Å². The zero-order valence-electron chi connectivity index (χ0n) is 13.8. The normalized spacial score (nSPS) is 24.8. The summed E-state index contributed by atoms with van der Waals surface area (Å²) >= 11 is 0. The van der Waals surface area contributed by atoms with Gasteiger partial charge in [-0.1, -0.05) is 48.5 Å². The topological polar surface area (TPSA) is 67.4 Å². The molecule has 2 N–H and O–H groups in total. The second-order valence-corrected chi connectivity index (χ2v) is 6.60. The van der Waals surface area contributed by atoms with Crippen molar-refractivity contribution in [1.82, 2.24) is 10.6 Å². The summed E-state index contributed by atoms with van der Waals surface area (Å²) in [5.41, 5.74) is 1.19. The van der Waals surface area contributed by atoms with Crippen LogP contribution in [0.25, 0.3) is 0 Å². The number of ether oxygens (including phenoxy) is 1. The highest BCUT2D eigenvalue weighted by molar-refractivity contribution is 5.92. The molecule has 1 fully saturated rings. The molecule has 4 rings (SSSR count). The van der Waals surface area contributed by atoms with Crippen LogP contribution in [-0.2, 0) is 15.0 Å². The Kier molecular flexibility index (Phi) is 3.92. The third kappa shape index (κ3) is 2.76. The van der Waals surface area contributed by atoms with E-state index in [-0.39, 0.29) is 17.9 Å². The van der Waals surface area contributed by atoms with Gasteiger partial charge in [0.2, 0.25) is 11.8 Å². The van der Waals surface area contributed by atoms with Gasteiger partial charge in [0.15, 0.2) is 0 Å². The first-order valence-corrected chi connectivity index (χ1v) is 8.54. The van der Waals surface area contributed by atoms with E-state index in [1.807, 2.05) is 54.6 Å². The first-order valence-electron chi connectivity index (χ1n) is 8.54. The van der Waals surface area contributed by atoms with Crippen molar-refractivity contribution in [1.29, 1.82) is 0 Å². The molecule has 2 amide bonds. The van der Waals surface area contributed by atoms with Gasteiger partial charge in [-0.25, -0.2) is 0 Å². The fraction of sp³-hybridized carbons (Fsp3) is 0.300. The maximum atomic E-state index is 13.3. The molecule has 5 nitrogen and oxygen atoms in total. The van der Waals surface area contributed by atoms with Gasteiger partial charge in [-0.3, -0.25) is 9.59 Å². The van der Waals surface area contributed by atoms with Crippen molar-refractivity contribution in [3.8, 4) is 5.75 Å². The van der Waals surface area contributed by atoms with E-state index in [1.165, 1.54) is 0 Å². The van der Waals surface area contributed by atoms with Gasteiger partial charge >= 0.3 is 0 Å². The third-order valence-corrected chi connectivity index (χ3v) is 5.13. The molecule has 2 aliphatic heterocycles. The van der Waals surface area contributed by atoms with Crippen LogP contribution in [0, 0.1) is 0 Å². The van der Waals surface area contributed by atoms with Gasteiger partial charge in [0.25, 0.3) is 0 Å². The first-order chi connectivity index (χ1) is 12.2. The highest BCUT2D eigenvalue weighted by atomic mass is 16.5. The number of fused-ring (bicyclic) bond motifs is 1. The molecule has 0 bridgehead atoms. The van der Waals surface area contributed by atoms with Gasteiger partial charge in [0.05, 0.1) is 11.5 Å². The summed E-state index contributed by atoms with van der Waals surface area (Å²) in [4.78, 5) is 24.9. The van der Waals surface area contributed by atoms with E-state index in [2.05, 4.69) is 10.6 Å². The summed E-state index contributed by atoms with van der Waals surface area (Å²) in [6, 6.07) is 17.3. The monoisotopic (exact) mass is 336 g/mol. The van der Waals surface area contributed by atoms with Gasteiger partial charge in [-0.15, -0.1) is 0 Å². The fourth-order valence-corrected chi connectivity index (χ4v) is 3.66. The van der Waals surface area contributed by atoms with Crippen LogP contribution in [0.1, 0.15) is 30.0 Å². The van der Waals surface area contributed by atoms with Gasteiger partial charge < -0.3 is 15.4 Å². The fourth-order valence-electron chi connectivity index (χ4n) is 3.66. The number of rotatable bonds is 3. The van der Waals surface area contributed by atoms with Gasteiger partial charge in [-0.05, 0) is 18.1 Å². The summed E-state index contributed by atoms with van der Waals surface area (Å²) in [6.45, 7) is 0.749. The van der Waals surface area contributed by atoms with Gasteiger partial charge in [-0.2, -0.15) is 0 Å². The smallest absolute Gasteiger partial charge is 0.233 e. The zero-order valence-corrected chi connectivity index (χ0v) is 13.8. The second-order valence-electron chi connectivity index (χ2n) is 6.60. The molecule has 1 saturated heterocycles. The van der Waals surface area contributed by atoms with Crippen molar-refractivity contribution in [2.45, 2.75) is 24.3 Å². The third-order valence-electron chi connectivity index (χ3n) is 5.13. The Bertz CT molecular complexity index is 794. The van der Waals surface area contributed by atoms with E-state index in [0.717, 1.165) is 16.9 Å². The molecule has 2 aliphatic rings. The quantitative estimate of drug-likeness (QED) is 0.902. The molecule has 2 aromatic rings. The lowest BCUT2D eigenvalue weighted by molar-refractivity contribution is -0.131. The molecule has 2 aromatic carbocycles. The van der Waals surface area contributed by atoms with E-state index in [1.54, 1.807) is 0 Å². The Hall–Kier alpha value is -2.82. The molecule has 25 heavy (non-hydrogen) atoms. The van der Waals surface area contributed by atoms with E-state index in [9.17, 15) is 9.59 Å². The molecule has 0 aliphatic carbocycles. The predicted octanol–water partition coefficient (Wildman–Crippen LogP) is 2.08. The highest BCUT2D eigenvalue weighted by Crippen LogP contribution is 2.35. The predicted molar refractivity (Wildman–Crippen MR) is 93.2 cm³/mol. The molecule has 2 atom stereocenters. The van der Waals surface area contributed by atoms with Crippen molar-refractivity contribution >= 4 is 11.8 Å². The van der Waals surface area contributed by atoms with Crippen LogP contribution in [0.5, 0.6) is 5.75 Å². The number of hydrogen-bond donors (Lipinski definition) is 2. The average Bonchev–Trinajstić information content (AvgIpc) is 3.06. The highest BCUT2D eigenvalue weighted by Gasteiger charge is 2.44. The standard InChI is InChI=1S/C20H20N2O3/c23-18-10-11-20(13-21-18,14-6-2-1-3-7-14)19(24)22-16-12-25-17-9-5-4-8-15(16)17/h1-9,16H,10-13H2,(H,21,23)(H,22,24). The van der Waals surface area contributed by atoms with Gasteiger partial charge in [0, 0.05) is 18.5 Å². The number of amides is 2. The van der Waals surface area contributed by atoms with Crippen LogP contribution in [0.4, 0.5) is 0 Å². The summed E-state index contributed by atoms with van der Waals surface area (Å²) in [5, 5.41) is 6.01. The average molecular weight is 336 g/mol. The second kappa shape index (κ2) is 6.24. The Morgan fingerprint density at radius 1 is 1.12 bits per heavy atom. The summed E-state index contributed by atoms with van der Waals surface area (Å²) in [6.07, 6.45) is 0.851. The Morgan fingerprint density at radius 2 is 1.88 bits per heavy atom. The molecular formula is C20H20N2O3. The Labute approximate surface area is 146 Å². The van der Waals surface area contributed by atoms with Crippen molar-refractivity contribution in [3.63, 3.8) is 0 Å². The molecule has 5 heteroatoms. The molecule has 128 valence electrons. The maximum absolute atomic E-state index is 13.3. The van der Waals surface area contributed by atoms with Crippen LogP contribution in [0.2, 0.25) is 0 Å². The SMILES string of the molecule is O=C1CCC(C(=O)NC2COc3ccccc32)(c2ccccc2)CN1. The number of carbonyl (C=O) groups is 2. The maximum Gasteiger partial charge on any atom is 0.233 e. The van der Waals surface area contributed by atoms with Crippen LogP contribution >= 0.6 is 0 Å². The minimum atomic E-state index is -0.743. The largest absolute Gasteiger partial charge is 0.491 e. The zero-order chi connectivity index (χ0) is 17.3. The summed E-state index contributed by atoms with van der Waals surface area (Å²) in [5.74, 6) is 0.747. The number of hydrogen-bond acceptors (Lipinski definition) is 3. The van der Waals surface area contributed by atoms with Crippen LogP contribution < -0.4 is 15.4 Å². The molecule has 0 aromatic heterocycles. The van der Waals surface area contributed by atoms with E-state index in [4.69, 9.17) is 4.74 Å². The number of piperidine rings is 1. The molecule has 0 saturated carbocycles. The van der Waals surface area contributed by atoms with Crippen LogP contribution in [-0.4, -0.2) is 25.0 Å². The molecule has 2 unspecified atom stereocenters. The van der Waals surface area contributed by atoms with Crippen molar-refractivity contribution in [2.75, 3.05) is 13.2 Å². The minimum absolute atomic E-state index is 0.00565. The molecule has 0 radical (unpaired) electrons. The van der Waals surface area contributed by atoms with E-state index in [0.29, 0.717) is 26.0 Å². The molecular weight excluding hydrogens is 316 g/mol. The lowest BCUT2D eigenvalue weighted by atomic mass is 9.73. The molecule has 0 spiro atoms. The number of carbonyl (C=O) groups excluding carboxylic acids is 2. The van der Waals surface area contributed by atoms with E-state index < -0.39 is 5.41 Å². The van der Waals surface area contributed by atoms with Gasteiger partial charge in [0.1, 0.15) is 12.4 Å².